The van der Waals surface area contributed by atoms with Crippen LogP contribution in [0.1, 0.15) is 18.4 Å². The lowest BCUT2D eigenvalue weighted by Crippen LogP contribution is -2.04. The normalized spacial score (nSPS) is 9.88. The number of carbonyl (C=O) groups is 1. The summed E-state index contributed by atoms with van der Waals surface area (Å²) in [5.41, 5.74) is 1.21. The Morgan fingerprint density at radius 3 is 2.56 bits per heavy atom. The van der Waals surface area contributed by atoms with Gasteiger partial charge in [-0.2, -0.15) is 0 Å². The van der Waals surface area contributed by atoms with Crippen LogP contribution in [0.5, 0.6) is 5.75 Å². The van der Waals surface area contributed by atoms with E-state index in [9.17, 15) is 4.79 Å². The van der Waals surface area contributed by atoms with Gasteiger partial charge >= 0.3 is 5.97 Å². The average Bonchev–Trinajstić information content (AvgIpc) is 2.35. The summed E-state index contributed by atoms with van der Waals surface area (Å²) in [5, 5.41) is 0.843. The van der Waals surface area contributed by atoms with E-state index >= 15 is 0 Å². The third kappa shape index (κ3) is 4.66. The molecule has 0 spiro atoms. The van der Waals surface area contributed by atoms with Crippen LogP contribution in [0.25, 0.3) is 0 Å². The maximum atomic E-state index is 10.8. The molecule has 1 aromatic carbocycles. The lowest BCUT2D eigenvalue weighted by Gasteiger charge is -2.05. The van der Waals surface area contributed by atoms with E-state index in [2.05, 4.69) is 20.7 Å². The Labute approximate surface area is 104 Å². The molecule has 0 aromatic heterocycles. The van der Waals surface area contributed by atoms with Gasteiger partial charge in [0.1, 0.15) is 5.75 Å². The van der Waals surface area contributed by atoms with Gasteiger partial charge in [-0.15, -0.1) is 0 Å². The van der Waals surface area contributed by atoms with Gasteiger partial charge in [0.05, 0.1) is 13.7 Å². The summed E-state index contributed by atoms with van der Waals surface area (Å²) in [5.74, 6) is 0.632. The van der Waals surface area contributed by atoms with Gasteiger partial charge < -0.3 is 9.47 Å². The highest BCUT2D eigenvalue weighted by atomic mass is 79.9. The Kier molecular flexibility index (Phi) is 5.93. The second kappa shape index (κ2) is 7.28. The predicted molar refractivity (Wildman–Crippen MR) is 65.8 cm³/mol. The minimum atomic E-state index is -0.196. The number of alkyl halides is 1. The number of methoxy groups -OCH3 is 1. The van der Waals surface area contributed by atoms with Crippen LogP contribution in [0.3, 0.4) is 0 Å². The molecule has 0 bridgehead atoms. The molecule has 0 N–H and O–H groups in total. The first-order valence-corrected chi connectivity index (χ1v) is 6.23. The highest BCUT2D eigenvalue weighted by Gasteiger charge is 2.00. The molecule has 0 unspecified atom stereocenters. The van der Waals surface area contributed by atoms with Crippen molar-refractivity contribution in [2.75, 3.05) is 13.7 Å². The minimum absolute atomic E-state index is 0.196. The molecule has 0 saturated heterocycles. The predicted octanol–water partition coefficient (Wildman–Crippen LogP) is 2.91. The summed E-state index contributed by atoms with van der Waals surface area (Å²) >= 11 is 3.38. The highest BCUT2D eigenvalue weighted by molar-refractivity contribution is 9.08. The van der Waals surface area contributed by atoms with Gasteiger partial charge in [-0.1, -0.05) is 28.1 Å². The van der Waals surface area contributed by atoms with Crippen molar-refractivity contribution >= 4 is 21.9 Å². The first-order valence-electron chi connectivity index (χ1n) is 5.11. The van der Waals surface area contributed by atoms with E-state index in [1.165, 1.54) is 12.7 Å². The number of carbonyl (C=O) groups excluding carboxylic acids is 1. The molecule has 0 aliphatic rings. The summed E-state index contributed by atoms with van der Waals surface area (Å²) < 4.78 is 10.0. The fraction of sp³-hybridized carbons (Fsp3) is 0.417. The number of ether oxygens (including phenoxy) is 2. The molecule has 0 radical (unpaired) electrons. The summed E-state index contributed by atoms with van der Waals surface area (Å²) in [7, 11) is 1.39. The molecule has 0 aliphatic heterocycles. The van der Waals surface area contributed by atoms with Crippen molar-refractivity contribution in [2.24, 2.45) is 0 Å². The lowest BCUT2D eigenvalue weighted by molar-refractivity contribution is -0.140. The molecule has 0 fully saturated rings. The molecule has 1 aromatic rings. The monoisotopic (exact) mass is 286 g/mol. The lowest BCUT2D eigenvalue weighted by atomic mass is 10.2. The molecule has 0 saturated carbocycles. The quantitative estimate of drug-likeness (QED) is 0.458. The summed E-state index contributed by atoms with van der Waals surface area (Å²) in [6.07, 6.45) is 1.07. The van der Waals surface area contributed by atoms with Crippen molar-refractivity contribution in [1.29, 1.82) is 0 Å². The third-order valence-corrected chi connectivity index (χ3v) is 2.75. The van der Waals surface area contributed by atoms with Crippen molar-refractivity contribution in [3.8, 4) is 5.75 Å². The molecule has 4 heteroatoms. The van der Waals surface area contributed by atoms with Crippen molar-refractivity contribution in [1.82, 2.24) is 0 Å². The van der Waals surface area contributed by atoms with Crippen LogP contribution >= 0.6 is 15.9 Å². The van der Waals surface area contributed by atoms with Crippen molar-refractivity contribution in [3.05, 3.63) is 29.8 Å². The summed E-state index contributed by atoms with van der Waals surface area (Å²) in [6.45, 7) is 0.531. The Balaban J connectivity index is 2.24. The smallest absolute Gasteiger partial charge is 0.305 e. The molecule has 0 heterocycles. The molecule has 16 heavy (non-hydrogen) atoms. The highest BCUT2D eigenvalue weighted by Crippen LogP contribution is 2.14. The standard InChI is InChI=1S/C12H15BrO3/c1-15-12(14)3-2-8-16-11-6-4-10(9-13)5-7-11/h4-7H,2-3,8-9H2,1H3. The van der Waals surface area contributed by atoms with E-state index < -0.39 is 0 Å². The van der Waals surface area contributed by atoms with Gasteiger partial charge in [-0.3, -0.25) is 4.79 Å². The van der Waals surface area contributed by atoms with Gasteiger partial charge in [0.25, 0.3) is 0 Å². The zero-order valence-electron chi connectivity index (χ0n) is 9.24. The Morgan fingerprint density at radius 1 is 1.31 bits per heavy atom. The first kappa shape index (κ1) is 13.0. The summed E-state index contributed by atoms with van der Waals surface area (Å²) in [4.78, 5) is 10.8. The number of esters is 1. The molecule has 88 valence electrons. The van der Waals surface area contributed by atoms with Gasteiger partial charge in [-0.05, 0) is 24.1 Å². The van der Waals surface area contributed by atoms with E-state index in [0.29, 0.717) is 19.4 Å². The largest absolute Gasteiger partial charge is 0.494 e. The average molecular weight is 287 g/mol. The Hall–Kier alpha value is -1.03. The fourth-order valence-corrected chi connectivity index (χ4v) is 1.56. The number of benzene rings is 1. The van der Waals surface area contributed by atoms with Crippen LogP contribution < -0.4 is 4.74 Å². The number of hydrogen-bond donors (Lipinski definition) is 0. The number of rotatable bonds is 6. The first-order chi connectivity index (χ1) is 7.76. The molecular formula is C12H15BrO3. The zero-order valence-corrected chi connectivity index (χ0v) is 10.8. The van der Waals surface area contributed by atoms with Crippen LogP contribution in [-0.4, -0.2) is 19.7 Å². The van der Waals surface area contributed by atoms with Crippen molar-refractivity contribution in [2.45, 2.75) is 18.2 Å². The molecule has 0 amide bonds. The van der Waals surface area contributed by atoms with E-state index in [0.717, 1.165) is 11.1 Å². The molecule has 1 rings (SSSR count). The van der Waals surface area contributed by atoms with Gasteiger partial charge in [0, 0.05) is 11.8 Å². The van der Waals surface area contributed by atoms with Crippen LogP contribution in [0, 0.1) is 0 Å². The van der Waals surface area contributed by atoms with Crippen LogP contribution in [0.2, 0.25) is 0 Å². The number of halogens is 1. The van der Waals surface area contributed by atoms with Crippen LogP contribution in [0.15, 0.2) is 24.3 Å². The van der Waals surface area contributed by atoms with Crippen molar-refractivity contribution < 1.29 is 14.3 Å². The van der Waals surface area contributed by atoms with Gasteiger partial charge in [0.2, 0.25) is 0 Å². The number of hydrogen-bond acceptors (Lipinski definition) is 3. The minimum Gasteiger partial charge on any atom is -0.494 e. The van der Waals surface area contributed by atoms with Crippen molar-refractivity contribution in [3.63, 3.8) is 0 Å². The van der Waals surface area contributed by atoms with E-state index in [1.54, 1.807) is 0 Å². The molecular weight excluding hydrogens is 272 g/mol. The maximum Gasteiger partial charge on any atom is 0.305 e. The molecule has 0 atom stereocenters. The van der Waals surface area contributed by atoms with Crippen LogP contribution in [-0.2, 0) is 14.9 Å². The Bertz CT molecular complexity index is 322. The topological polar surface area (TPSA) is 35.5 Å². The zero-order chi connectivity index (χ0) is 11.8. The van der Waals surface area contributed by atoms with E-state index in [-0.39, 0.29) is 5.97 Å². The SMILES string of the molecule is COC(=O)CCCOc1ccc(CBr)cc1. The fourth-order valence-electron chi connectivity index (χ4n) is 1.18. The maximum absolute atomic E-state index is 10.8. The summed E-state index contributed by atoms with van der Waals surface area (Å²) in [6, 6.07) is 7.86. The molecule has 0 aliphatic carbocycles. The van der Waals surface area contributed by atoms with E-state index in [1.807, 2.05) is 24.3 Å². The van der Waals surface area contributed by atoms with E-state index in [4.69, 9.17) is 4.74 Å². The Morgan fingerprint density at radius 2 is 2.00 bits per heavy atom. The molecule has 3 nitrogen and oxygen atoms in total. The van der Waals surface area contributed by atoms with Crippen LogP contribution in [0.4, 0.5) is 0 Å². The second-order valence-corrected chi connectivity index (χ2v) is 3.87. The second-order valence-electron chi connectivity index (χ2n) is 3.31. The van der Waals surface area contributed by atoms with Gasteiger partial charge in [-0.25, -0.2) is 0 Å². The third-order valence-electron chi connectivity index (χ3n) is 2.10. The van der Waals surface area contributed by atoms with Gasteiger partial charge in [0.15, 0.2) is 0 Å².